The minimum atomic E-state index is -4.46. The van der Waals surface area contributed by atoms with E-state index >= 15 is 0 Å². The summed E-state index contributed by atoms with van der Waals surface area (Å²) in [6.45, 7) is 0.702. The van der Waals surface area contributed by atoms with E-state index in [0.717, 1.165) is 28.8 Å². The molecule has 0 bridgehead atoms. The second kappa shape index (κ2) is 9.03. The van der Waals surface area contributed by atoms with Crippen molar-refractivity contribution in [1.29, 1.82) is 0 Å². The summed E-state index contributed by atoms with van der Waals surface area (Å²) in [6.07, 6.45) is 0.674. The zero-order chi connectivity index (χ0) is 24.6. The van der Waals surface area contributed by atoms with Crippen LogP contribution in [0.3, 0.4) is 0 Å². The number of amides is 1. The first-order chi connectivity index (χ1) is 16.8. The number of fused-ring (bicyclic) bond motifs is 1. The molecule has 0 radical (unpaired) electrons. The molecule has 4 aromatic rings. The second-order valence-electron chi connectivity index (χ2n) is 7.99. The van der Waals surface area contributed by atoms with Gasteiger partial charge in [0.1, 0.15) is 17.0 Å². The van der Waals surface area contributed by atoms with Crippen molar-refractivity contribution in [1.82, 2.24) is 19.9 Å². The molecule has 0 atom stereocenters. The van der Waals surface area contributed by atoms with Crippen LogP contribution in [0.15, 0.2) is 66.6 Å². The predicted octanol–water partition coefficient (Wildman–Crippen LogP) is 5.05. The van der Waals surface area contributed by atoms with Crippen molar-refractivity contribution in [3.05, 3.63) is 100 Å². The van der Waals surface area contributed by atoms with Crippen LogP contribution in [0.4, 0.5) is 13.2 Å². The Labute approximate surface area is 202 Å². The maximum Gasteiger partial charge on any atom is 0.416 e. The topological polar surface area (TPSA) is 76.1 Å². The fraction of sp³-hybridized carbons (Fsp3) is 0.160. The number of benzene rings is 2. The number of alkyl halides is 3. The molecule has 10 heteroatoms. The van der Waals surface area contributed by atoms with Gasteiger partial charge in [-0.05, 0) is 29.7 Å². The van der Waals surface area contributed by atoms with E-state index in [1.807, 2.05) is 6.07 Å². The van der Waals surface area contributed by atoms with E-state index in [9.17, 15) is 22.8 Å². The molecule has 0 aliphatic carbocycles. The summed E-state index contributed by atoms with van der Waals surface area (Å²) in [5.41, 5.74) is 2.51. The van der Waals surface area contributed by atoms with Crippen LogP contribution in [-0.2, 0) is 19.1 Å². The van der Waals surface area contributed by atoms with Gasteiger partial charge in [0.2, 0.25) is 0 Å². The number of carbonyl (C=O) groups is 2. The predicted molar refractivity (Wildman–Crippen MR) is 123 cm³/mol. The number of halogens is 3. The molecular weight excluding hydrogens is 477 g/mol. The van der Waals surface area contributed by atoms with Crippen LogP contribution in [0.25, 0.3) is 10.6 Å². The molecule has 2 aromatic heterocycles. The van der Waals surface area contributed by atoms with Gasteiger partial charge in [-0.3, -0.25) is 9.59 Å². The summed E-state index contributed by atoms with van der Waals surface area (Å²) < 4.78 is 38.6. The number of hydrogen-bond acceptors (Lipinski definition) is 6. The van der Waals surface area contributed by atoms with Crippen LogP contribution >= 0.6 is 11.3 Å². The molecule has 1 aliphatic heterocycles. The van der Waals surface area contributed by atoms with E-state index in [1.54, 1.807) is 34.8 Å². The first-order valence-corrected chi connectivity index (χ1v) is 11.5. The highest BCUT2D eigenvalue weighted by molar-refractivity contribution is 7.13. The highest BCUT2D eigenvalue weighted by Crippen LogP contribution is 2.31. The highest BCUT2D eigenvalue weighted by Gasteiger charge is 2.31. The first kappa shape index (κ1) is 22.9. The van der Waals surface area contributed by atoms with Gasteiger partial charge in [0.05, 0.1) is 5.56 Å². The van der Waals surface area contributed by atoms with E-state index < -0.39 is 11.7 Å². The van der Waals surface area contributed by atoms with Crippen molar-refractivity contribution in [2.75, 3.05) is 6.54 Å². The molecule has 176 valence electrons. The molecule has 5 rings (SSSR count). The van der Waals surface area contributed by atoms with E-state index in [4.69, 9.17) is 0 Å². The van der Waals surface area contributed by atoms with Gasteiger partial charge in [0.25, 0.3) is 5.91 Å². The Balaban J connectivity index is 1.35. The molecule has 6 nitrogen and oxygen atoms in total. The van der Waals surface area contributed by atoms with Crippen molar-refractivity contribution in [3.8, 4) is 10.6 Å². The first-order valence-electron chi connectivity index (χ1n) is 10.6. The Morgan fingerprint density at radius 2 is 1.74 bits per heavy atom. The lowest BCUT2D eigenvalue weighted by molar-refractivity contribution is -0.137. The van der Waals surface area contributed by atoms with Gasteiger partial charge in [-0.25, -0.2) is 15.0 Å². The van der Waals surface area contributed by atoms with Crippen LogP contribution in [0.1, 0.15) is 43.1 Å². The minimum Gasteiger partial charge on any atom is -0.333 e. The van der Waals surface area contributed by atoms with Crippen LogP contribution in [-0.4, -0.2) is 38.1 Å². The molecule has 0 fully saturated rings. The van der Waals surface area contributed by atoms with Gasteiger partial charge in [-0.15, -0.1) is 11.3 Å². The molecule has 0 saturated carbocycles. The van der Waals surface area contributed by atoms with E-state index in [2.05, 4.69) is 15.0 Å². The fourth-order valence-electron chi connectivity index (χ4n) is 4.04. The maximum atomic E-state index is 13.1. The maximum absolute atomic E-state index is 13.1. The lowest BCUT2D eigenvalue weighted by Gasteiger charge is -2.29. The Hall–Kier alpha value is -3.92. The molecule has 0 N–H and O–H groups in total. The third-order valence-electron chi connectivity index (χ3n) is 5.80. The lowest BCUT2D eigenvalue weighted by Crippen LogP contribution is -2.36. The smallest absolute Gasteiger partial charge is 0.333 e. The van der Waals surface area contributed by atoms with Crippen LogP contribution in [0.2, 0.25) is 0 Å². The normalized spacial score (nSPS) is 13.4. The molecule has 2 aromatic carbocycles. The van der Waals surface area contributed by atoms with Crippen molar-refractivity contribution in [2.45, 2.75) is 19.1 Å². The number of nitrogens with zero attached hydrogens (tertiary/aromatic N) is 4. The summed E-state index contributed by atoms with van der Waals surface area (Å²) >= 11 is 1.33. The summed E-state index contributed by atoms with van der Waals surface area (Å²) in [7, 11) is 0. The van der Waals surface area contributed by atoms with Crippen molar-refractivity contribution >= 4 is 23.0 Å². The number of thiazole rings is 1. The Morgan fingerprint density at radius 1 is 1.00 bits per heavy atom. The summed E-state index contributed by atoms with van der Waals surface area (Å²) in [6, 6.07) is 9.46. The number of rotatable bonds is 4. The Kier molecular flexibility index (Phi) is 5.89. The van der Waals surface area contributed by atoms with E-state index in [0.29, 0.717) is 35.8 Å². The summed E-state index contributed by atoms with van der Waals surface area (Å²) in [5.74, 6) is -0.556. The zero-order valence-corrected chi connectivity index (χ0v) is 18.9. The SMILES string of the molecule is O=C(c1ccc(C(F)(F)F)cc1)c1cccc2c1CCN(C(=O)c1csc(-c3cncnc3)n1)C2. The number of aromatic nitrogens is 3. The van der Waals surface area contributed by atoms with Gasteiger partial charge in [0.15, 0.2) is 5.78 Å². The molecule has 3 heterocycles. The number of hydrogen-bond donors (Lipinski definition) is 0. The molecule has 0 saturated heterocycles. The molecular formula is C25H17F3N4O2S. The summed E-state index contributed by atoms with van der Waals surface area (Å²) in [4.78, 5) is 40.2. The van der Waals surface area contributed by atoms with Crippen LogP contribution in [0.5, 0.6) is 0 Å². The standard InChI is InChI=1S/C25H17F3N4O2S/c26-25(27,28)18-6-4-15(5-7-18)22(33)20-3-1-2-16-12-32(9-8-19(16)20)24(34)21-13-35-23(31-21)17-10-29-14-30-11-17/h1-7,10-11,13-14H,8-9,12H2. The molecule has 1 aliphatic rings. The van der Waals surface area contributed by atoms with Crippen molar-refractivity contribution < 1.29 is 22.8 Å². The Morgan fingerprint density at radius 3 is 2.46 bits per heavy atom. The van der Waals surface area contributed by atoms with E-state index in [-0.39, 0.29) is 17.3 Å². The summed E-state index contributed by atoms with van der Waals surface area (Å²) in [5, 5.41) is 2.35. The number of carbonyl (C=O) groups excluding carboxylic acids is 2. The fourth-order valence-corrected chi connectivity index (χ4v) is 4.81. The van der Waals surface area contributed by atoms with Gasteiger partial charge >= 0.3 is 6.18 Å². The van der Waals surface area contributed by atoms with Gasteiger partial charge in [-0.2, -0.15) is 13.2 Å². The number of ketones is 1. The highest BCUT2D eigenvalue weighted by atomic mass is 32.1. The quantitative estimate of drug-likeness (QED) is 0.371. The molecule has 35 heavy (non-hydrogen) atoms. The van der Waals surface area contributed by atoms with Crippen molar-refractivity contribution in [3.63, 3.8) is 0 Å². The average molecular weight is 494 g/mol. The van der Waals surface area contributed by atoms with Crippen LogP contribution < -0.4 is 0 Å². The third kappa shape index (κ3) is 4.57. The van der Waals surface area contributed by atoms with Crippen LogP contribution in [0, 0.1) is 0 Å². The van der Waals surface area contributed by atoms with Gasteiger partial charge < -0.3 is 4.90 Å². The van der Waals surface area contributed by atoms with Gasteiger partial charge in [0, 0.05) is 47.6 Å². The Bertz CT molecular complexity index is 1400. The zero-order valence-electron chi connectivity index (χ0n) is 18.1. The van der Waals surface area contributed by atoms with Gasteiger partial charge in [-0.1, -0.05) is 30.3 Å². The molecule has 0 unspecified atom stereocenters. The average Bonchev–Trinajstić information content (AvgIpc) is 3.38. The monoisotopic (exact) mass is 494 g/mol. The largest absolute Gasteiger partial charge is 0.416 e. The van der Waals surface area contributed by atoms with E-state index in [1.165, 1.54) is 29.8 Å². The van der Waals surface area contributed by atoms with Crippen molar-refractivity contribution in [2.24, 2.45) is 0 Å². The molecule has 0 spiro atoms. The second-order valence-corrected chi connectivity index (χ2v) is 8.85. The molecule has 1 amide bonds. The third-order valence-corrected chi connectivity index (χ3v) is 6.69. The minimum absolute atomic E-state index is 0.185. The lowest BCUT2D eigenvalue weighted by atomic mass is 9.90.